The lowest BCUT2D eigenvalue weighted by Crippen LogP contribution is -2.38. The number of thiophene rings is 1. The molecule has 3 N–H and O–H groups in total. The summed E-state index contributed by atoms with van der Waals surface area (Å²) >= 11 is 1.61. The first-order valence-electron chi connectivity index (χ1n) is 9.70. The van der Waals surface area contributed by atoms with Crippen molar-refractivity contribution in [3.8, 4) is 5.82 Å². The van der Waals surface area contributed by atoms with E-state index in [0.717, 1.165) is 27.5 Å². The van der Waals surface area contributed by atoms with Crippen LogP contribution in [0.2, 0.25) is 0 Å². The van der Waals surface area contributed by atoms with E-state index in [1.807, 2.05) is 54.2 Å². The molecule has 4 rings (SSSR count). The predicted molar refractivity (Wildman–Crippen MR) is 121 cm³/mol. The molecule has 7 nitrogen and oxygen atoms in total. The lowest BCUT2D eigenvalue weighted by molar-refractivity contribution is 0.184. The summed E-state index contributed by atoms with van der Waals surface area (Å²) in [6, 6.07) is 14.2. The quantitative estimate of drug-likeness (QED) is 0.329. The average molecular weight is 421 g/mol. The molecule has 0 aliphatic carbocycles. The third kappa shape index (κ3) is 4.50. The Hall–Kier alpha value is -3.23. The molecule has 0 fully saturated rings. The van der Waals surface area contributed by atoms with Crippen LogP contribution in [0.25, 0.3) is 15.9 Å². The van der Waals surface area contributed by atoms with Gasteiger partial charge in [-0.3, -0.25) is 9.56 Å². The third-order valence-corrected chi connectivity index (χ3v) is 6.02. The van der Waals surface area contributed by atoms with Crippen LogP contribution in [-0.4, -0.2) is 39.2 Å². The van der Waals surface area contributed by atoms with Crippen LogP contribution in [0.5, 0.6) is 0 Å². The third-order valence-electron chi connectivity index (χ3n) is 4.80. The first kappa shape index (κ1) is 20.1. The van der Waals surface area contributed by atoms with Crippen molar-refractivity contribution < 1.29 is 5.11 Å². The minimum Gasteiger partial charge on any atom is -0.386 e. The van der Waals surface area contributed by atoms with Gasteiger partial charge in [0.1, 0.15) is 17.7 Å². The number of nitrogens with one attached hydrogen (secondary N) is 2. The molecule has 4 aromatic rings. The Labute approximate surface area is 179 Å². The molecule has 0 radical (unpaired) electrons. The van der Waals surface area contributed by atoms with E-state index in [1.165, 1.54) is 4.70 Å². The number of benzene rings is 1. The van der Waals surface area contributed by atoms with Crippen molar-refractivity contribution in [3.63, 3.8) is 0 Å². The number of aryl methyl sites for hydroxylation is 1. The number of nitrogens with zero attached hydrogens (tertiary/aromatic N) is 4. The van der Waals surface area contributed by atoms with Gasteiger partial charge in [0.15, 0.2) is 5.96 Å². The lowest BCUT2D eigenvalue weighted by atomic mass is 10.2. The van der Waals surface area contributed by atoms with Gasteiger partial charge in [0.05, 0.1) is 0 Å². The zero-order valence-corrected chi connectivity index (χ0v) is 17.7. The highest BCUT2D eigenvalue weighted by Gasteiger charge is 2.12. The van der Waals surface area contributed by atoms with Crippen molar-refractivity contribution in [3.05, 3.63) is 77.3 Å². The van der Waals surface area contributed by atoms with Crippen molar-refractivity contribution in [1.29, 1.82) is 0 Å². The molecular formula is C22H24N6OS. The number of aliphatic hydroxyl groups excluding tert-OH is 1. The molecule has 3 heterocycles. The highest BCUT2D eigenvalue weighted by Crippen LogP contribution is 2.29. The zero-order chi connectivity index (χ0) is 20.9. The molecular weight excluding hydrogens is 396 g/mol. The van der Waals surface area contributed by atoms with Crippen LogP contribution < -0.4 is 10.6 Å². The normalized spacial score (nSPS) is 12.8. The van der Waals surface area contributed by atoms with Crippen molar-refractivity contribution in [2.24, 2.45) is 4.99 Å². The number of aromatic nitrogens is 3. The highest BCUT2D eigenvalue weighted by molar-refractivity contribution is 7.19. The highest BCUT2D eigenvalue weighted by atomic mass is 32.1. The Kier molecular flexibility index (Phi) is 6.06. The second kappa shape index (κ2) is 9.06. The zero-order valence-electron chi connectivity index (χ0n) is 16.9. The summed E-state index contributed by atoms with van der Waals surface area (Å²) in [6.45, 7) is 2.90. The van der Waals surface area contributed by atoms with E-state index in [-0.39, 0.29) is 0 Å². The minimum atomic E-state index is -0.597. The van der Waals surface area contributed by atoms with E-state index in [4.69, 9.17) is 0 Å². The number of fused-ring (bicyclic) bond motifs is 1. The first-order valence-corrected chi connectivity index (χ1v) is 10.5. The lowest BCUT2D eigenvalue weighted by Gasteiger charge is -2.14. The van der Waals surface area contributed by atoms with E-state index in [0.29, 0.717) is 19.0 Å². The molecule has 30 heavy (non-hydrogen) atoms. The number of hydrogen-bond donors (Lipinski definition) is 3. The van der Waals surface area contributed by atoms with Crippen molar-refractivity contribution in [1.82, 2.24) is 25.2 Å². The summed E-state index contributed by atoms with van der Waals surface area (Å²) < 4.78 is 3.11. The maximum Gasteiger partial charge on any atom is 0.191 e. The Balaban J connectivity index is 1.31. The van der Waals surface area contributed by atoms with Gasteiger partial charge in [0.2, 0.25) is 0 Å². The number of rotatable bonds is 6. The van der Waals surface area contributed by atoms with Crippen LogP contribution in [0.15, 0.2) is 66.0 Å². The van der Waals surface area contributed by atoms with Gasteiger partial charge < -0.3 is 15.7 Å². The summed E-state index contributed by atoms with van der Waals surface area (Å²) in [5.41, 5.74) is 1.03. The van der Waals surface area contributed by atoms with E-state index in [9.17, 15) is 5.11 Å². The fourth-order valence-electron chi connectivity index (χ4n) is 3.15. The molecule has 0 aliphatic rings. The SMILES string of the molecule is CN=C(NCc1ccc(-n2ccnc2C)nc1)NCC(O)c1cc2ccccc2s1. The summed E-state index contributed by atoms with van der Waals surface area (Å²) in [5.74, 6) is 2.36. The van der Waals surface area contributed by atoms with E-state index >= 15 is 0 Å². The molecule has 1 atom stereocenters. The van der Waals surface area contributed by atoms with Gasteiger partial charge in [-0.05, 0) is 36.1 Å². The maximum atomic E-state index is 10.5. The van der Waals surface area contributed by atoms with Crippen molar-refractivity contribution in [2.75, 3.05) is 13.6 Å². The average Bonchev–Trinajstić information content (AvgIpc) is 3.40. The number of guanidine groups is 1. The predicted octanol–water partition coefficient (Wildman–Crippen LogP) is 3.19. The Bertz CT molecular complexity index is 1110. The van der Waals surface area contributed by atoms with E-state index in [1.54, 1.807) is 24.6 Å². The summed E-state index contributed by atoms with van der Waals surface area (Å²) in [6.07, 6.45) is 4.89. The van der Waals surface area contributed by atoms with Crippen LogP contribution in [0.3, 0.4) is 0 Å². The van der Waals surface area contributed by atoms with Gasteiger partial charge in [0.25, 0.3) is 0 Å². The van der Waals surface area contributed by atoms with Crippen LogP contribution in [0.1, 0.15) is 22.4 Å². The standard InChI is InChI=1S/C22H24N6OS/c1-15-24-9-10-28(15)21-8-7-16(12-25-21)13-26-22(23-2)27-14-18(29)20-11-17-5-3-4-6-19(17)30-20/h3-12,18,29H,13-14H2,1-2H3,(H2,23,26,27). The molecule has 1 aromatic carbocycles. The van der Waals surface area contributed by atoms with Crippen molar-refractivity contribution >= 4 is 27.4 Å². The van der Waals surface area contributed by atoms with Gasteiger partial charge in [0, 0.05) is 48.3 Å². The van der Waals surface area contributed by atoms with Gasteiger partial charge in [-0.15, -0.1) is 11.3 Å². The molecule has 0 bridgehead atoms. The molecule has 0 spiro atoms. The second-order valence-corrected chi connectivity index (χ2v) is 7.99. The number of aliphatic hydroxyl groups is 1. The monoisotopic (exact) mass is 420 g/mol. The number of pyridine rings is 1. The smallest absolute Gasteiger partial charge is 0.191 e. The molecule has 0 saturated heterocycles. The largest absolute Gasteiger partial charge is 0.386 e. The molecule has 154 valence electrons. The molecule has 3 aromatic heterocycles. The Morgan fingerprint density at radius 3 is 2.77 bits per heavy atom. The van der Waals surface area contributed by atoms with E-state index < -0.39 is 6.10 Å². The van der Waals surface area contributed by atoms with Gasteiger partial charge in [-0.25, -0.2) is 9.97 Å². The first-order chi connectivity index (χ1) is 14.6. The number of hydrogen-bond acceptors (Lipinski definition) is 5. The van der Waals surface area contributed by atoms with Gasteiger partial charge in [-0.1, -0.05) is 24.3 Å². The Morgan fingerprint density at radius 1 is 1.20 bits per heavy atom. The summed E-state index contributed by atoms with van der Waals surface area (Å²) in [5, 5.41) is 18.1. The molecule has 8 heteroatoms. The summed E-state index contributed by atoms with van der Waals surface area (Å²) in [7, 11) is 1.71. The van der Waals surface area contributed by atoms with Gasteiger partial charge >= 0.3 is 0 Å². The van der Waals surface area contributed by atoms with Crippen molar-refractivity contribution in [2.45, 2.75) is 19.6 Å². The second-order valence-electron chi connectivity index (χ2n) is 6.88. The fraction of sp³-hybridized carbons (Fsp3) is 0.227. The fourth-order valence-corrected chi connectivity index (χ4v) is 4.20. The van der Waals surface area contributed by atoms with Crippen LogP contribution in [0, 0.1) is 6.92 Å². The Morgan fingerprint density at radius 2 is 2.07 bits per heavy atom. The molecule has 0 amide bonds. The van der Waals surface area contributed by atoms with Gasteiger partial charge in [-0.2, -0.15) is 0 Å². The maximum absolute atomic E-state index is 10.5. The van der Waals surface area contributed by atoms with E-state index in [2.05, 4.69) is 37.7 Å². The molecule has 1 unspecified atom stereocenters. The number of imidazole rings is 1. The van der Waals surface area contributed by atoms with Crippen LogP contribution in [-0.2, 0) is 6.54 Å². The molecule has 0 aliphatic heterocycles. The van der Waals surface area contributed by atoms with Crippen LogP contribution in [0.4, 0.5) is 0 Å². The minimum absolute atomic E-state index is 0.379. The van der Waals surface area contributed by atoms with Crippen LogP contribution >= 0.6 is 11.3 Å². The summed E-state index contributed by atoms with van der Waals surface area (Å²) in [4.78, 5) is 13.9. The molecule has 0 saturated carbocycles. The topological polar surface area (TPSA) is 87.4 Å². The number of aliphatic imine (C=N–C) groups is 1.